The highest BCUT2D eigenvalue weighted by Crippen LogP contribution is 2.36. The third-order valence-electron chi connectivity index (χ3n) is 5.49. The van der Waals surface area contributed by atoms with Gasteiger partial charge in [0.25, 0.3) is 5.69 Å². The first kappa shape index (κ1) is 23.2. The Morgan fingerprint density at radius 1 is 1.28 bits per heavy atom. The van der Waals surface area contributed by atoms with Gasteiger partial charge in [-0.05, 0) is 37.1 Å². The molecule has 1 aliphatic heterocycles. The summed E-state index contributed by atoms with van der Waals surface area (Å²) >= 11 is 0. The molecule has 1 fully saturated rings. The maximum Gasteiger partial charge on any atom is 0.387 e. The van der Waals surface area contributed by atoms with Gasteiger partial charge in [-0.2, -0.15) is 8.78 Å². The number of carbonyl (C=O) groups is 1. The number of methoxy groups -OCH3 is 1. The van der Waals surface area contributed by atoms with Gasteiger partial charge < -0.3 is 18.9 Å². The number of nitrogens with zero attached hydrogens (tertiary/aromatic N) is 3. The van der Waals surface area contributed by atoms with Crippen molar-refractivity contribution < 1.29 is 28.0 Å². The van der Waals surface area contributed by atoms with E-state index in [9.17, 15) is 23.7 Å². The van der Waals surface area contributed by atoms with Gasteiger partial charge in [-0.3, -0.25) is 14.9 Å². The van der Waals surface area contributed by atoms with Crippen LogP contribution < -0.4 is 9.47 Å². The minimum absolute atomic E-state index is 0.0482. The van der Waals surface area contributed by atoms with Crippen LogP contribution in [0.1, 0.15) is 43.0 Å². The van der Waals surface area contributed by atoms with E-state index in [4.69, 9.17) is 4.74 Å². The van der Waals surface area contributed by atoms with Crippen LogP contribution in [0.5, 0.6) is 11.5 Å². The molecule has 1 aromatic carbocycles. The molecule has 10 heteroatoms. The Labute approximate surface area is 184 Å². The van der Waals surface area contributed by atoms with Crippen LogP contribution in [0.15, 0.2) is 36.5 Å². The summed E-state index contributed by atoms with van der Waals surface area (Å²) < 4.78 is 36.6. The van der Waals surface area contributed by atoms with E-state index in [1.807, 2.05) is 29.9 Å². The molecule has 1 amide bonds. The molecule has 1 aromatic heterocycles. The number of hydrogen-bond acceptors (Lipinski definition) is 5. The second kappa shape index (κ2) is 10.3. The van der Waals surface area contributed by atoms with Crippen molar-refractivity contribution in [3.05, 3.63) is 57.9 Å². The number of halogens is 2. The maximum atomic E-state index is 13.1. The number of amides is 1. The summed E-state index contributed by atoms with van der Waals surface area (Å²) in [5.41, 5.74) is 0.599. The Bertz CT molecular complexity index is 1010. The van der Waals surface area contributed by atoms with Gasteiger partial charge in [-0.15, -0.1) is 0 Å². The summed E-state index contributed by atoms with van der Waals surface area (Å²) in [4.78, 5) is 25.6. The van der Waals surface area contributed by atoms with Crippen LogP contribution in [-0.4, -0.2) is 40.6 Å². The van der Waals surface area contributed by atoms with E-state index in [1.165, 1.54) is 25.3 Å². The number of nitro groups is 1. The Morgan fingerprint density at radius 2 is 2.06 bits per heavy atom. The molecule has 0 saturated carbocycles. The highest BCUT2D eigenvalue weighted by atomic mass is 19.3. The Morgan fingerprint density at radius 3 is 2.69 bits per heavy atom. The molecule has 3 rings (SSSR count). The van der Waals surface area contributed by atoms with E-state index >= 15 is 0 Å². The first-order valence-electron chi connectivity index (χ1n) is 10.2. The fourth-order valence-electron chi connectivity index (χ4n) is 3.96. The molecule has 1 atom stereocenters. The number of nitro benzene ring substituents is 1. The maximum absolute atomic E-state index is 13.1. The standard InChI is InChI=1S/C22H25F2N3O5/c1-25-11-6-8-16(25)17-7-4-3-5-12-26(17)21(28)10-9-15-13-19(31-2)20(32-22(23)24)14-18(15)27(29)30/h6,8-11,13-14,17,22H,3-5,7,12H2,1-2H3/b10-9+. The molecule has 0 aliphatic carbocycles. The van der Waals surface area contributed by atoms with Gasteiger partial charge in [0.15, 0.2) is 11.5 Å². The number of rotatable bonds is 7. The van der Waals surface area contributed by atoms with Crippen LogP contribution >= 0.6 is 0 Å². The zero-order valence-corrected chi connectivity index (χ0v) is 17.9. The third-order valence-corrected chi connectivity index (χ3v) is 5.49. The average molecular weight is 449 g/mol. The lowest BCUT2D eigenvalue weighted by Crippen LogP contribution is -2.34. The second-order valence-corrected chi connectivity index (χ2v) is 7.47. The van der Waals surface area contributed by atoms with Crippen LogP contribution in [0.4, 0.5) is 14.5 Å². The minimum atomic E-state index is -3.16. The summed E-state index contributed by atoms with van der Waals surface area (Å²) in [6.45, 7) is -2.59. The molecule has 0 N–H and O–H groups in total. The minimum Gasteiger partial charge on any atom is -0.493 e. The van der Waals surface area contributed by atoms with Gasteiger partial charge in [0.05, 0.1) is 29.7 Å². The van der Waals surface area contributed by atoms with E-state index in [2.05, 4.69) is 4.74 Å². The molecule has 1 aliphatic rings. The molecule has 1 saturated heterocycles. The molecular weight excluding hydrogens is 424 g/mol. The lowest BCUT2D eigenvalue weighted by Gasteiger charge is -2.29. The number of carbonyl (C=O) groups excluding carboxylic acids is 1. The Kier molecular flexibility index (Phi) is 7.45. The first-order valence-corrected chi connectivity index (χ1v) is 10.2. The van der Waals surface area contributed by atoms with Crippen molar-refractivity contribution >= 4 is 17.7 Å². The fourth-order valence-corrected chi connectivity index (χ4v) is 3.96. The van der Waals surface area contributed by atoms with Crippen LogP contribution in [0.3, 0.4) is 0 Å². The van der Waals surface area contributed by atoms with Crippen molar-refractivity contribution in [3.8, 4) is 11.5 Å². The number of alkyl halides is 2. The van der Waals surface area contributed by atoms with Gasteiger partial charge in [0.1, 0.15) is 0 Å². The van der Waals surface area contributed by atoms with E-state index in [0.717, 1.165) is 37.4 Å². The summed E-state index contributed by atoms with van der Waals surface area (Å²) in [7, 11) is 3.16. The summed E-state index contributed by atoms with van der Waals surface area (Å²) in [5.74, 6) is -0.826. The van der Waals surface area contributed by atoms with Crippen molar-refractivity contribution in [1.29, 1.82) is 0 Å². The van der Waals surface area contributed by atoms with Gasteiger partial charge in [-0.1, -0.05) is 12.8 Å². The topological polar surface area (TPSA) is 86.8 Å². The zero-order chi connectivity index (χ0) is 23.3. The first-order chi connectivity index (χ1) is 15.3. The molecule has 8 nitrogen and oxygen atoms in total. The van der Waals surface area contributed by atoms with Gasteiger partial charge in [0, 0.05) is 31.6 Å². The predicted octanol–water partition coefficient (Wildman–Crippen LogP) is 4.70. The van der Waals surface area contributed by atoms with Crippen LogP contribution in [0, 0.1) is 10.1 Å². The van der Waals surface area contributed by atoms with E-state index in [0.29, 0.717) is 6.54 Å². The summed E-state index contributed by atoms with van der Waals surface area (Å²) in [6, 6.07) is 5.89. The quantitative estimate of drug-likeness (QED) is 0.347. The van der Waals surface area contributed by atoms with Crippen molar-refractivity contribution in [2.45, 2.75) is 38.3 Å². The third kappa shape index (κ3) is 5.24. The fraction of sp³-hybridized carbons (Fsp3) is 0.409. The normalized spacial score (nSPS) is 16.9. The van der Waals surface area contributed by atoms with Gasteiger partial charge in [0.2, 0.25) is 5.91 Å². The number of aryl methyl sites for hydroxylation is 1. The lowest BCUT2D eigenvalue weighted by atomic mass is 10.1. The van der Waals surface area contributed by atoms with Crippen LogP contribution in [0.2, 0.25) is 0 Å². The molecule has 2 heterocycles. The van der Waals surface area contributed by atoms with Crippen LogP contribution in [0.25, 0.3) is 6.08 Å². The van der Waals surface area contributed by atoms with E-state index < -0.39 is 23.0 Å². The molecule has 0 spiro atoms. The number of ether oxygens (including phenoxy) is 2. The smallest absolute Gasteiger partial charge is 0.387 e. The number of hydrogen-bond donors (Lipinski definition) is 0. The monoisotopic (exact) mass is 449 g/mol. The molecule has 32 heavy (non-hydrogen) atoms. The number of benzene rings is 1. The summed E-state index contributed by atoms with van der Waals surface area (Å²) in [6.07, 6.45) is 8.22. The van der Waals surface area contributed by atoms with Crippen molar-refractivity contribution in [2.75, 3.05) is 13.7 Å². The summed E-state index contributed by atoms with van der Waals surface area (Å²) in [5, 5.41) is 11.5. The van der Waals surface area contributed by atoms with Gasteiger partial charge >= 0.3 is 6.61 Å². The van der Waals surface area contributed by atoms with Gasteiger partial charge in [-0.25, -0.2) is 0 Å². The van der Waals surface area contributed by atoms with Crippen LogP contribution in [-0.2, 0) is 11.8 Å². The second-order valence-electron chi connectivity index (χ2n) is 7.47. The highest BCUT2D eigenvalue weighted by Gasteiger charge is 2.27. The Balaban J connectivity index is 1.92. The highest BCUT2D eigenvalue weighted by molar-refractivity contribution is 5.93. The van der Waals surface area contributed by atoms with Crippen molar-refractivity contribution in [1.82, 2.24) is 9.47 Å². The lowest BCUT2D eigenvalue weighted by molar-refractivity contribution is -0.385. The number of likely N-dealkylation sites (tertiary alicyclic amines) is 1. The molecule has 0 bridgehead atoms. The van der Waals surface area contributed by atoms with E-state index in [1.54, 1.807) is 4.90 Å². The molecule has 2 aromatic rings. The predicted molar refractivity (Wildman–Crippen MR) is 114 cm³/mol. The molecule has 1 unspecified atom stereocenters. The largest absolute Gasteiger partial charge is 0.493 e. The SMILES string of the molecule is COc1cc(/C=C/C(=O)N2CCCCCC2c2cccn2C)c([N+](=O)[O-])cc1OC(F)F. The zero-order valence-electron chi connectivity index (χ0n) is 17.9. The average Bonchev–Trinajstić information content (AvgIpc) is 3.03. The molecule has 172 valence electrons. The van der Waals surface area contributed by atoms with Crippen molar-refractivity contribution in [2.24, 2.45) is 7.05 Å². The van der Waals surface area contributed by atoms with Crippen molar-refractivity contribution in [3.63, 3.8) is 0 Å². The molecule has 0 radical (unpaired) electrons. The van der Waals surface area contributed by atoms with E-state index in [-0.39, 0.29) is 23.3 Å². The molecular formula is C22H25F2N3O5. The Hall–Kier alpha value is -3.43. The number of aromatic nitrogens is 1.